The molecule has 4 aliphatic rings. The Bertz CT molecular complexity index is 4450. The molecule has 16 rings (SSSR count). The molecule has 1 spiro atoms. The van der Waals surface area contributed by atoms with Gasteiger partial charge in [0.25, 0.3) is 0 Å². The SMILES string of the molecule is C1=CC(n2c3ccccc3c3c(-c4ccc(N(c5ccc(-c6ccc7c(c6)c6ccccc6n7-c6ccccc6)cc5)c5cccc6c5C5=CCCC=C5C65c6ccccc6-c6ccccc65)cc4)cccc32)=CCC1. The lowest BCUT2D eigenvalue weighted by Crippen LogP contribution is -2.26. The molecule has 76 heavy (non-hydrogen) atoms. The van der Waals surface area contributed by atoms with E-state index in [0.29, 0.717) is 0 Å². The van der Waals surface area contributed by atoms with Crippen LogP contribution in [0.25, 0.3) is 93.9 Å². The number of hydrogen-bond donors (Lipinski definition) is 0. The van der Waals surface area contributed by atoms with Gasteiger partial charge in [0.05, 0.1) is 33.2 Å². The van der Waals surface area contributed by atoms with E-state index in [-0.39, 0.29) is 0 Å². The molecule has 2 heterocycles. The van der Waals surface area contributed by atoms with Gasteiger partial charge in [-0.15, -0.1) is 0 Å². The molecule has 3 heteroatoms. The van der Waals surface area contributed by atoms with E-state index in [1.807, 2.05) is 0 Å². The fourth-order valence-electron chi connectivity index (χ4n) is 13.9. The first-order chi connectivity index (χ1) is 37.7. The summed E-state index contributed by atoms with van der Waals surface area (Å²) in [5.41, 5.74) is 26.0. The van der Waals surface area contributed by atoms with Crippen molar-refractivity contribution in [3.63, 3.8) is 0 Å². The molecule has 0 N–H and O–H groups in total. The minimum Gasteiger partial charge on any atom is -0.310 e. The maximum Gasteiger partial charge on any atom is 0.0723 e. The predicted molar refractivity (Wildman–Crippen MR) is 319 cm³/mol. The van der Waals surface area contributed by atoms with Crippen LogP contribution < -0.4 is 4.90 Å². The smallest absolute Gasteiger partial charge is 0.0723 e. The van der Waals surface area contributed by atoms with Gasteiger partial charge in [-0.05, 0) is 166 Å². The van der Waals surface area contributed by atoms with Gasteiger partial charge in [-0.1, -0.05) is 182 Å². The van der Waals surface area contributed by atoms with Crippen LogP contribution in [0.3, 0.4) is 0 Å². The maximum absolute atomic E-state index is 2.55. The zero-order valence-electron chi connectivity index (χ0n) is 42.0. The molecule has 3 nitrogen and oxygen atoms in total. The Hall–Kier alpha value is -9.44. The summed E-state index contributed by atoms with van der Waals surface area (Å²) >= 11 is 0. The molecular weight excluding hydrogens is 919 g/mol. The molecule has 0 saturated heterocycles. The minimum atomic E-state index is -0.409. The first-order valence-corrected chi connectivity index (χ1v) is 27.0. The summed E-state index contributed by atoms with van der Waals surface area (Å²) in [7, 11) is 0. The first-order valence-electron chi connectivity index (χ1n) is 27.0. The molecule has 0 aliphatic heterocycles. The highest BCUT2D eigenvalue weighted by Crippen LogP contribution is 2.66. The van der Waals surface area contributed by atoms with Crippen LogP contribution in [0.15, 0.2) is 266 Å². The van der Waals surface area contributed by atoms with Crippen molar-refractivity contribution in [1.82, 2.24) is 9.13 Å². The molecule has 10 aromatic carbocycles. The van der Waals surface area contributed by atoms with Gasteiger partial charge in [0.1, 0.15) is 0 Å². The fourth-order valence-corrected chi connectivity index (χ4v) is 13.9. The topological polar surface area (TPSA) is 13.1 Å². The second kappa shape index (κ2) is 16.8. The molecule has 12 aromatic rings. The maximum atomic E-state index is 2.55. The van der Waals surface area contributed by atoms with E-state index in [0.717, 1.165) is 37.1 Å². The van der Waals surface area contributed by atoms with Crippen LogP contribution in [0.5, 0.6) is 0 Å². The van der Waals surface area contributed by atoms with Crippen molar-refractivity contribution in [1.29, 1.82) is 0 Å². The highest BCUT2D eigenvalue weighted by molar-refractivity contribution is 6.17. The van der Waals surface area contributed by atoms with Gasteiger partial charge < -0.3 is 14.0 Å². The number of fused-ring (bicyclic) bond motifs is 16. The average molecular weight is 970 g/mol. The van der Waals surface area contributed by atoms with Crippen molar-refractivity contribution in [2.45, 2.75) is 31.1 Å². The normalized spacial score (nSPS) is 14.9. The van der Waals surface area contributed by atoms with Gasteiger partial charge in [0, 0.05) is 49.9 Å². The molecular formula is C73H51N3. The molecule has 0 bridgehead atoms. The van der Waals surface area contributed by atoms with Crippen LogP contribution in [0.2, 0.25) is 0 Å². The summed E-state index contributed by atoms with van der Waals surface area (Å²) in [6, 6.07) is 86.3. The minimum absolute atomic E-state index is 0.409. The third-order valence-corrected chi connectivity index (χ3v) is 17.0. The Morgan fingerprint density at radius 3 is 1.71 bits per heavy atom. The van der Waals surface area contributed by atoms with Crippen LogP contribution in [0.4, 0.5) is 17.1 Å². The van der Waals surface area contributed by atoms with Gasteiger partial charge in [0.2, 0.25) is 0 Å². The quantitative estimate of drug-likeness (QED) is 0.155. The number of nitrogens with zero attached hydrogens (tertiary/aromatic N) is 3. The Morgan fingerprint density at radius 1 is 0.382 bits per heavy atom. The standard InChI is InChI=1S/C73H51N3/c1-3-19-51(20-4-1)75-66-33-15-10-25-58(66)61-47-50(41-46-68(61)75)48-37-42-53(43-38-48)74(54-44-39-49(40-45-54)55-28-17-35-69-71(55)60-27-11-16-34-67(60)76(69)52-21-5-2-6-22-52)70-36-18-32-65-72(70)59-26-9-14-31-64(59)73(65)62-29-12-7-23-56(62)57-24-8-13-30-63(57)73/h1,3-5,7-8,10-13,15-47H,2,6,9,14H2. The number of hydrogen-bond acceptors (Lipinski definition) is 1. The van der Waals surface area contributed by atoms with E-state index in [4.69, 9.17) is 0 Å². The Morgan fingerprint density at radius 2 is 0.961 bits per heavy atom. The van der Waals surface area contributed by atoms with Gasteiger partial charge >= 0.3 is 0 Å². The summed E-state index contributed by atoms with van der Waals surface area (Å²) < 4.78 is 4.84. The lowest BCUT2D eigenvalue weighted by Gasteiger charge is -2.32. The van der Waals surface area contributed by atoms with Crippen molar-refractivity contribution < 1.29 is 0 Å². The van der Waals surface area contributed by atoms with Crippen LogP contribution >= 0.6 is 0 Å². The lowest BCUT2D eigenvalue weighted by atomic mass is 9.69. The number of para-hydroxylation sites is 3. The molecule has 0 fully saturated rings. The molecule has 0 saturated carbocycles. The second-order valence-electron chi connectivity index (χ2n) is 20.9. The lowest BCUT2D eigenvalue weighted by molar-refractivity contribution is 0.782. The largest absolute Gasteiger partial charge is 0.310 e. The van der Waals surface area contributed by atoms with Gasteiger partial charge in [0.15, 0.2) is 0 Å². The monoisotopic (exact) mass is 969 g/mol. The van der Waals surface area contributed by atoms with E-state index in [9.17, 15) is 0 Å². The third-order valence-electron chi connectivity index (χ3n) is 17.0. The van der Waals surface area contributed by atoms with E-state index in [1.54, 1.807) is 0 Å². The summed E-state index contributed by atoms with van der Waals surface area (Å²) in [4.78, 5) is 2.52. The van der Waals surface area contributed by atoms with Crippen molar-refractivity contribution in [2.75, 3.05) is 4.90 Å². The van der Waals surface area contributed by atoms with Crippen LogP contribution in [0, 0.1) is 0 Å². The highest BCUT2D eigenvalue weighted by atomic mass is 15.1. The number of benzene rings is 10. The molecule has 0 amide bonds. The molecule has 2 aromatic heterocycles. The zero-order valence-corrected chi connectivity index (χ0v) is 42.0. The van der Waals surface area contributed by atoms with E-state index in [2.05, 4.69) is 275 Å². The molecule has 4 aliphatic carbocycles. The summed E-state index contributed by atoms with van der Waals surface area (Å²) in [5, 5.41) is 5.06. The van der Waals surface area contributed by atoms with Crippen LogP contribution in [-0.4, -0.2) is 9.13 Å². The molecule has 0 radical (unpaired) electrons. The summed E-state index contributed by atoms with van der Waals surface area (Å²) in [6.07, 6.45) is 16.2. The van der Waals surface area contributed by atoms with Crippen LogP contribution in [-0.2, 0) is 5.41 Å². The summed E-state index contributed by atoms with van der Waals surface area (Å²) in [5.74, 6) is 0. The first kappa shape index (κ1) is 43.0. The number of aromatic nitrogens is 2. The van der Waals surface area contributed by atoms with Crippen LogP contribution in [0.1, 0.15) is 47.9 Å². The van der Waals surface area contributed by atoms with E-state index >= 15 is 0 Å². The second-order valence-corrected chi connectivity index (χ2v) is 20.9. The Labute approximate surface area is 442 Å². The van der Waals surface area contributed by atoms with Crippen molar-refractivity contribution >= 4 is 71.9 Å². The van der Waals surface area contributed by atoms with Gasteiger partial charge in [-0.3, -0.25) is 0 Å². The number of rotatable bonds is 7. The van der Waals surface area contributed by atoms with Crippen molar-refractivity contribution in [2.24, 2.45) is 0 Å². The third kappa shape index (κ3) is 6.11. The number of anilines is 3. The summed E-state index contributed by atoms with van der Waals surface area (Å²) in [6.45, 7) is 0. The molecule has 0 unspecified atom stereocenters. The Kier molecular flexibility index (Phi) is 9.50. The number of allylic oxidation sites excluding steroid dienone is 8. The zero-order chi connectivity index (χ0) is 49.9. The molecule has 358 valence electrons. The fraction of sp³-hybridized carbons (Fsp3) is 0.0685. The average Bonchev–Trinajstić information content (AvgIpc) is 4.23. The van der Waals surface area contributed by atoms with E-state index < -0.39 is 5.41 Å². The van der Waals surface area contributed by atoms with Gasteiger partial charge in [-0.25, -0.2) is 0 Å². The van der Waals surface area contributed by atoms with Gasteiger partial charge in [-0.2, -0.15) is 0 Å². The van der Waals surface area contributed by atoms with E-state index in [1.165, 1.54) is 127 Å². The molecule has 0 atom stereocenters. The van der Waals surface area contributed by atoms with Crippen molar-refractivity contribution in [3.05, 3.63) is 289 Å². The highest BCUT2D eigenvalue weighted by Gasteiger charge is 2.54. The Balaban J connectivity index is 0.874. The predicted octanol–water partition coefficient (Wildman–Crippen LogP) is 19.3. The van der Waals surface area contributed by atoms with Crippen molar-refractivity contribution in [3.8, 4) is 39.1 Å².